The van der Waals surface area contributed by atoms with Gasteiger partial charge in [0.25, 0.3) is 5.91 Å². The number of Topliss-reactive ketones (excluding diaryl/α,β-unsaturated/α-hetero) is 1. The number of thiocarbonyl (C=S) groups is 1. The molecule has 6 heteroatoms. The SMILES string of the molecule is CCN1C(=O)C(=N[C@H](C(C)=O)c2ccccc2)SC1=S. The first-order chi connectivity index (χ1) is 9.54. The molecule has 1 saturated heterocycles. The maximum Gasteiger partial charge on any atom is 0.284 e. The van der Waals surface area contributed by atoms with E-state index in [1.807, 2.05) is 37.3 Å². The molecule has 0 saturated carbocycles. The van der Waals surface area contributed by atoms with E-state index in [0.717, 1.165) is 17.3 Å². The van der Waals surface area contributed by atoms with Gasteiger partial charge >= 0.3 is 0 Å². The van der Waals surface area contributed by atoms with Gasteiger partial charge in [0.05, 0.1) is 0 Å². The number of hydrogen-bond donors (Lipinski definition) is 0. The van der Waals surface area contributed by atoms with Crippen LogP contribution in [0, 0.1) is 0 Å². The lowest BCUT2D eigenvalue weighted by molar-refractivity contribution is -0.119. The standard InChI is InChI=1S/C14H14N2O2S2/c1-3-16-13(18)12(20-14(16)19)15-11(9(2)17)10-7-5-4-6-8-10/h4-8,11H,3H2,1-2H3/t11-/m1/s1. The monoisotopic (exact) mass is 306 g/mol. The van der Waals surface area contributed by atoms with E-state index in [1.165, 1.54) is 11.8 Å². The molecule has 1 aromatic carbocycles. The van der Waals surface area contributed by atoms with E-state index in [9.17, 15) is 9.59 Å². The summed E-state index contributed by atoms with van der Waals surface area (Å²) in [5, 5.41) is 0.293. The number of nitrogens with zero attached hydrogens (tertiary/aromatic N) is 2. The highest BCUT2D eigenvalue weighted by Gasteiger charge is 2.33. The third kappa shape index (κ3) is 2.96. The maximum atomic E-state index is 12.1. The number of carbonyl (C=O) groups is 2. The van der Waals surface area contributed by atoms with E-state index < -0.39 is 6.04 Å². The Hall–Kier alpha value is -1.53. The van der Waals surface area contributed by atoms with Gasteiger partial charge in [-0.05, 0) is 31.2 Å². The maximum absolute atomic E-state index is 12.1. The van der Waals surface area contributed by atoms with Gasteiger partial charge in [0, 0.05) is 6.54 Å². The minimum Gasteiger partial charge on any atom is -0.297 e. The zero-order chi connectivity index (χ0) is 14.7. The lowest BCUT2D eigenvalue weighted by Gasteiger charge is -2.11. The Balaban J connectivity index is 2.34. The quantitative estimate of drug-likeness (QED) is 0.802. The van der Waals surface area contributed by atoms with Crippen LogP contribution in [0.2, 0.25) is 0 Å². The molecule has 0 aromatic heterocycles. The molecule has 0 aliphatic carbocycles. The van der Waals surface area contributed by atoms with Crippen molar-refractivity contribution in [2.45, 2.75) is 19.9 Å². The Kier molecular flexibility index (Phi) is 4.67. The normalized spacial score (nSPS) is 18.7. The van der Waals surface area contributed by atoms with E-state index in [2.05, 4.69) is 4.99 Å². The molecule has 1 heterocycles. The Morgan fingerprint density at radius 1 is 1.40 bits per heavy atom. The molecule has 0 bridgehead atoms. The minimum atomic E-state index is -0.651. The average Bonchev–Trinajstić information content (AvgIpc) is 2.70. The van der Waals surface area contributed by atoms with Gasteiger partial charge in [-0.25, -0.2) is 0 Å². The van der Waals surface area contributed by atoms with Crippen molar-refractivity contribution in [1.82, 2.24) is 4.90 Å². The molecular weight excluding hydrogens is 292 g/mol. The van der Waals surface area contributed by atoms with E-state index in [4.69, 9.17) is 12.2 Å². The van der Waals surface area contributed by atoms with Crippen molar-refractivity contribution in [1.29, 1.82) is 0 Å². The summed E-state index contributed by atoms with van der Waals surface area (Å²) >= 11 is 6.28. The molecule has 1 fully saturated rings. The molecule has 104 valence electrons. The summed E-state index contributed by atoms with van der Waals surface area (Å²) in [5.74, 6) is -0.317. The molecular formula is C14H14N2O2S2. The van der Waals surface area contributed by atoms with Gasteiger partial charge in [0.2, 0.25) is 0 Å². The van der Waals surface area contributed by atoms with Gasteiger partial charge in [-0.2, -0.15) is 0 Å². The first-order valence-electron chi connectivity index (χ1n) is 6.21. The average molecular weight is 306 g/mol. The lowest BCUT2D eigenvalue weighted by atomic mass is 10.0. The second-order valence-corrected chi connectivity index (χ2v) is 5.90. The first-order valence-corrected chi connectivity index (χ1v) is 7.44. The Morgan fingerprint density at radius 2 is 2.05 bits per heavy atom. The van der Waals surface area contributed by atoms with Crippen LogP contribution < -0.4 is 0 Å². The predicted molar refractivity (Wildman–Crippen MR) is 84.9 cm³/mol. The van der Waals surface area contributed by atoms with Gasteiger partial charge in [-0.15, -0.1) is 0 Å². The summed E-state index contributed by atoms with van der Waals surface area (Å²) in [6.07, 6.45) is 0. The first kappa shape index (κ1) is 14.9. The molecule has 4 nitrogen and oxygen atoms in total. The molecule has 2 rings (SSSR count). The molecule has 0 radical (unpaired) electrons. The van der Waals surface area contributed by atoms with Gasteiger partial charge in [-0.3, -0.25) is 19.5 Å². The third-order valence-electron chi connectivity index (χ3n) is 2.90. The highest BCUT2D eigenvalue weighted by molar-refractivity contribution is 8.35. The smallest absolute Gasteiger partial charge is 0.284 e. The molecule has 1 aliphatic heterocycles. The summed E-state index contributed by atoms with van der Waals surface area (Å²) < 4.78 is 0.492. The van der Waals surface area contributed by atoms with E-state index >= 15 is 0 Å². The summed E-state index contributed by atoms with van der Waals surface area (Å²) in [7, 11) is 0. The second kappa shape index (κ2) is 6.28. The van der Waals surface area contributed by atoms with Crippen LogP contribution in [0.4, 0.5) is 0 Å². The summed E-state index contributed by atoms with van der Waals surface area (Å²) in [5.41, 5.74) is 0.779. The van der Waals surface area contributed by atoms with Crippen molar-refractivity contribution in [3.05, 3.63) is 35.9 Å². The van der Waals surface area contributed by atoms with E-state index in [1.54, 1.807) is 0 Å². The fourth-order valence-electron chi connectivity index (χ4n) is 1.89. The Labute approximate surface area is 127 Å². The number of benzene rings is 1. The highest BCUT2D eigenvalue weighted by Crippen LogP contribution is 2.27. The summed E-state index contributed by atoms with van der Waals surface area (Å²) in [6.45, 7) is 3.84. The third-order valence-corrected chi connectivity index (χ3v) is 4.23. The fraction of sp³-hybridized carbons (Fsp3) is 0.286. The van der Waals surface area contributed by atoms with Crippen molar-refractivity contribution in [2.75, 3.05) is 6.54 Å². The number of carbonyl (C=O) groups excluding carboxylic acids is 2. The molecule has 0 N–H and O–H groups in total. The Morgan fingerprint density at radius 3 is 2.55 bits per heavy atom. The van der Waals surface area contributed by atoms with Crippen molar-refractivity contribution in [2.24, 2.45) is 4.99 Å². The largest absolute Gasteiger partial charge is 0.297 e. The molecule has 1 aromatic rings. The van der Waals surface area contributed by atoms with Crippen LogP contribution in [0.25, 0.3) is 0 Å². The topological polar surface area (TPSA) is 49.7 Å². The summed E-state index contributed by atoms with van der Waals surface area (Å²) in [4.78, 5) is 29.7. The number of hydrogen-bond acceptors (Lipinski definition) is 5. The fourth-order valence-corrected chi connectivity index (χ4v) is 3.18. The van der Waals surface area contributed by atoms with Crippen LogP contribution in [0.5, 0.6) is 0 Å². The minimum absolute atomic E-state index is 0.0991. The van der Waals surface area contributed by atoms with Gasteiger partial charge < -0.3 is 0 Å². The van der Waals surface area contributed by atoms with Crippen molar-refractivity contribution in [3.63, 3.8) is 0 Å². The zero-order valence-corrected chi connectivity index (χ0v) is 12.8. The summed E-state index contributed by atoms with van der Waals surface area (Å²) in [6, 6.07) is 8.57. The van der Waals surface area contributed by atoms with Crippen molar-refractivity contribution in [3.8, 4) is 0 Å². The molecule has 1 aliphatic rings. The molecule has 1 amide bonds. The Bertz CT molecular complexity index is 584. The predicted octanol–water partition coefficient (Wildman–Crippen LogP) is 2.60. The molecule has 20 heavy (non-hydrogen) atoms. The van der Waals surface area contributed by atoms with Gasteiger partial charge in [-0.1, -0.05) is 42.5 Å². The molecule has 0 unspecified atom stereocenters. The molecule has 0 spiro atoms. The van der Waals surface area contributed by atoms with Crippen LogP contribution in [0.3, 0.4) is 0 Å². The van der Waals surface area contributed by atoms with Gasteiger partial charge in [0.1, 0.15) is 10.4 Å². The van der Waals surface area contributed by atoms with Crippen LogP contribution >= 0.6 is 24.0 Å². The number of thioether (sulfide) groups is 1. The lowest BCUT2D eigenvalue weighted by Crippen LogP contribution is -2.29. The van der Waals surface area contributed by atoms with Crippen molar-refractivity contribution < 1.29 is 9.59 Å². The van der Waals surface area contributed by atoms with Crippen LogP contribution in [0.1, 0.15) is 25.5 Å². The number of aliphatic imine (C=N–C) groups is 1. The van der Waals surface area contributed by atoms with Gasteiger partial charge in [0.15, 0.2) is 10.8 Å². The van der Waals surface area contributed by atoms with Crippen molar-refractivity contribution >= 4 is 45.0 Å². The number of rotatable bonds is 4. The van der Waals surface area contributed by atoms with E-state index in [0.29, 0.717) is 15.9 Å². The highest BCUT2D eigenvalue weighted by atomic mass is 32.2. The van der Waals surface area contributed by atoms with Crippen LogP contribution in [-0.4, -0.2) is 32.5 Å². The van der Waals surface area contributed by atoms with E-state index in [-0.39, 0.29) is 11.7 Å². The molecule has 1 atom stereocenters. The number of amides is 1. The zero-order valence-electron chi connectivity index (χ0n) is 11.2. The van der Waals surface area contributed by atoms with Crippen LogP contribution in [-0.2, 0) is 9.59 Å². The number of ketones is 1. The van der Waals surface area contributed by atoms with Crippen LogP contribution in [0.15, 0.2) is 35.3 Å². The second-order valence-electron chi connectivity index (χ2n) is 4.28.